The average Bonchev–Trinajstić information content (AvgIpc) is 2.45. The van der Waals surface area contributed by atoms with Gasteiger partial charge < -0.3 is 14.1 Å². The number of rotatable bonds is 1. The lowest BCUT2D eigenvalue weighted by Gasteiger charge is -2.34. The Kier molecular flexibility index (Phi) is 3.51. The number of nitrogens with zero attached hydrogens (tertiary/aromatic N) is 1. The summed E-state index contributed by atoms with van der Waals surface area (Å²) in [5.41, 5.74) is -0.481. The van der Waals surface area contributed by atoms with Crippen LogP contribution < -0.4 is 5.63 Å². The van der Waals surface area contributed by atoms with Crippen LogP contribution in [0.2, 0.25) is 0 Å². The van der Waals surface area contributed by atoms with E-state index in [9.17, 15) is 9.59 Å². The second-order valence-corrected chi connectivity index (χ2v) is 5.45. The minimum atomic E-state index is -0.481. The zero-order valence-corrected chi connectivity index (χ0v) is 12.0. The van der Waals surface area contributed by atoms with Gasteiger partial charge in [0.25, 0.3) is 5.91 Å². The Morgan fingerprint density at radius 3 is 2.57 bits per heavy atom. The van der Waals surface area contributed by atoms with E-state index in [1.807, 2.05) is 19.9 Å². The third-order valence-corrected chi connectivity index (χ3v) is 3.59. The SMILES string of the molecule is CC1CN(C(=O)c2cc3ccccc3c(=O)o2)CC(C)O1. The van der Waals surface area contributed by atoms with Gasteiger partial charge in [-0.2, -0.15) is 0 Å². The van der Waals surface area contributed by atoms with Gasteiger partial charge in [-0.05, 0) is 31.4 Å². The van der Waals surface area contributed by atoms with Crippen LogP contribution in [0.1, 0.15) is 24.4 Å². The van der Waals surface area contributed by atoms with Crippen molar-refractivity contribution in [2.75, 3.05) is 13.1 Å². The highest BCUT2D eigenvalue weighted by Crippen LogP contribution is 2.16. The number of amides is 1. The lowest BCUT2D eigenvalue weighted by molar-refractivity contribution is -0.0593. The molecule has 2 atom stereocenters. The number of hydrogen-bond donors (Lipinski definition) is 0. The number of carbonyl (C=O) groups is 1. The van der Waals surface area contributed by atoms with E-state index >= 15 is 0 Å². The van der Waals surface area contributed by atoms with Gasteiger partial charge in [0.05, 0.1) is 17.6 Å². The van der Waals surface area contributed by atoms with Gasteiger partial charge in [-0.3, -0.25) is 4.79 Å². The Balaban J connectivity index is 1.96. The van der Waals surface area contributed by atoms with Crippen molar-refractivity contribution in [1.29, 1.82) is 0 Å². The first-order valence-electron chi connectivity index (χ1n) is 7.02. The number of morpholine rings is 1. The summed E-state index contributed by atoms with van der Waals surface area (Å²) in [5, 5.41) is 1.20. The molecule has 2 unspecified atom stereocenters. The van der Waals surface area contributed by atoms with Gasteiger partial charge in [-0.15, -0.1) is 0 Å². The van der Waals surface area contributed by atoms with E-state index in [1.54, 1.807) is 29.2 Å². The average molecular weight is 287 g/mol. The predicted octanol–water partition coefficient (Wildman–Crippen LogP) is 2.04. The van der Waals surface area contributed by atoms with Gasteiger partial charge in [-0.25, -0.2) is 4.79 Å². The number of benzene rings is 1. The van der Waals surface area contributed by atoms with Crippen LogP contribution in [0.4, 0.5) is 0 Å². The van der Waals surface area contributed by atoms with E-state index in [1.165, 1.54) is 0 Å². The van der Waals surface area contributed by atoms with Crippen molar-refractivity contribution in [3.8, 4) is 0 Å². The smallest absolute Gasteiger partial charge is 0.344 e. The number of fused-ring (bicyclic) bond motifs is 1. The van der Waals surface area contributed by atoms with Gasteiger partial charge in [0.2, 0.25) is 0 Å². The molecule has 0 spiro atoms. The molecule has 2 heterocycles. The summed E-state index contributed by atoms with van der Waals surface area (Å²) < 4.78 is 10.8. The van der Waals surface area contributed by atoms with Gasteiger partial charge in [0.1, 0.15) is 0 Å². The normalized spacial score (nSPS) is 22.5. The van der Waals surface area contributed by atoms with Crippen LogP contribution >= 0.6 is 0 Å². The molecule has 0 aliphatic carbocycles. The first kappa shape index (κ1) is 13.8. The molecule has 0 bridgehead atoms. The molecule has 1 aliphatic rings. The third kappa shape index (κ3) is 2.69. The fraction of sp³-hybridized carbons (Fsp3) is 0.375. The van der Waals surface area contributed by atoms with E-state index in [4.69, 9.17) is 9.15 Å². The quantitative estimate of drug-likeness (QED) is 0.805. The summed E-state index contributed by atoms with van der Waals surface area (Å²) in [6.45, 7) is 4.85. The van der Waals surface area contributed by atoms with Gasteiger partial charge in [0, 0.05) is 13.1 Å². The van der Waals surface area contributed by atoms with Crippen LogP contribution in [-0.4, -0.2) is 36.1 Å². The Morgan fingerprint density at radius 1 is 1.19 bits per heavy atom. The predicted molar refractivity (Wildman–Crippen MR) is 78.4 cm³/mol. The van der Waals surface area contributed by atoms with Crippen molar-refractivity contribution in [3.63, 3.8) is 0 Å². The van der Waals surface area contributed by atoms with E-state index in [0.717, 1.165) is 0 Å². The lowest BCUT2D eigenvalue weighted by atomic mass is 10.1. The number of hydrogen-bond acceptors (Lipinski definition) is 4. The summed E-state index contributed by atoms with van der Waals surface area (Å²) in [6, 6.07) is 8.72. The number of carbonyl (C=O) groups excluding carboxylic acids is 1. The van der Waals surface area contributed by atoms with Crippen LogP contribution in [0.15, 0.2) is 39.5 Å². The van der Waals surface area contributed by atoms with Crippen LogP contribution in [0, 0.1) is 0 Å². The first-order valence-corrected chi connectivity index (χ1v) is 7.02. The standard InChI is InChI=1S/C16H17NO4/c1-10-8-17(9-11(2)20-10)15(18)14-7-12-5-3-4-6-13(12)16(19)21-14/h3-7,10-11H,8-9H2,1-2H3. The molecule has 1 aromatic heterocycles. The molecule has 1 aromatic carbocycles. The molecule has 110 valence electrons. The summed E-state index contributed by atoms with van der Waals surface area (Å²) >= 11 is 0. The molecule has 0 N–H and O–H groups in total. The molecule has 1 aliphatic heterocycles. The van der Waals surface area contributed by atoms with Crippen LogP contribution in [0.3, 0.4) is 0 Å². The van der Waals surface area contributed by atoms with Gasteiger partial charge >= 0.3 is 5.63 Å². The molecule has 0 radical (unpaired) electrons. The highest BCUT2D eigenvalue weighted by molar-refractivity contribution is 5.95. The van der Waals surface area contributed by atoms with Crippen molar-refractivity contribution in [1.82, 2.24) is 4.90 Å². The Hall–Kier alpha value is -2.14. The maximum Gasteiger partial charge on any atom is 0.344 e. The van der Waals surface area contributed by atoms with Crippen LogP contribution in [0.5, 0.6) is 0 Å². The van der Waals surface area contributed by atoms with Crippen LogP contribution in [-0.2, 0) is 4.74 Å². The molecule has 0 saturated carbocycles. The molecule has 5 heteroatoms. The molecule has 5 nitrogen and oxygen atoms in total. The maximum absolute atomic E-state index is 12.5. The monoisotopic (exact) mass is 287 g/mol. The summed E-state index contributed by atoms with van der Waals surface area (Å²) in [4.78, 5) is 26.2. The Labute approximate surface area is 122 Å². The molecule has 3 rings (SSSR count). The molecule has 1 saturated heterocycles. The second kappa shape index (κ2) is 5.33. The highest BCUT2D eigenvalue weighted by atomic mass is 16.5. The second-order valence-electron chi connectivity index (χ2n) is 5.45. The van der Waals surface area contributed by atoms with E-state index in [0.29, 0.717) is 23.9 Å². The lowest BCUT2D eigenvalue weighted by Crippen LogP contribution is -2.48. The molecule has 2 aromatic rings. The molecule has 1 fully saturated rings. The highest BCUT2D eigenvalue weighted by Gasteiger charge is 2.28. The molecule has 1 amide bonds. The van der Waals surface area contributed by atoms with E-state index in [-0.39, 0.29) is 23.9 Å². The van der Waals surface area contributed by atoms with Crippen molar-refractivity contribution in [2.24, 2.45) is 0 Å². The summed E-state index contributed by atoms with van der Waals surface area (Å²) in [7, 11) is 0. The van der Waals surface area contributed by atoms with Crippen molar-refractivity contribution in [2.45, 2.75) is 26.1 Å². The third-order valence-electron chi connectivity index (χ3n) is 3.59. The molecule has 21 heavy (non-hydrogen) atoms. The zero-order chi connectivity index (χ0) is 15.0. The zero-order valence-electron chi connectivity index (χ0n) is 12.0. The Morgan fingerprint density at radius 2 is 1.86 bits per heavy atom. The number of ether oxygens (including phenoxy) is 1. The molecular formula is C16H17NO4. The maximum atomic E-state index is 12.5. The topological polar surface area (TPSA) is 59.8 Å². The minimum Gasteiger partial charge on any atom is -0.417 e. The van der Waals surface area contributed by atoms with Crippen molar-refractivity contribution < 1.29 is 13.9 Å². The largest absolute Gasteiger partial charge is 0.417 e. The van der Waals surface area contributed by atoms with Gasteiger partial charge in [-0.1, -0.05) is 18.2 Å². The van der Waals surface area contributed by atoms with Crippen molar-refractivity contribution >= 4 is 16.7 Å². The fourth-order valence-corrected chi connectivity index (χ4v) is 2.74. The molecular weight excluding hydrogens is 270 g/mol. The van der Waals surface area contributed by atoms with E-state index < -0.39 is 5.63 Å². The Bertz CT molecular complexity index is 726. The summed E-state index contributed by atoms with van der Waals surface area (Å²) in [5.74, 6) is -0.181. The van der Waals surface area contributed by atoms with Crippen LogP contribution in [0.25, 0.3) is 10.8 Å². The van der Waals surface area contributed by atoms with Gasteiger partial charge in [0.15, 0.2) is 5.76 Å². The first-order chi connectivity index (χ1) is 10.0. The summed E-state index contributed by atoms with van der Waals surface area (Å²) in [6.07, 6.45) is -0.0465. The van der Waals surface area contributed by atoms with E-state index in [2.05, 4.69) is 0 Å². The minimum absolute atomic E-state index is 0.0233. The van der Waals surface area contributed by atoms with Crippen molar-refractivity contribution in [3.05, 3.63) is 46.5 Å². The fourth-order valence-electron chi connectivity index (χ4n) is 2.74.